The summed E-state index contributed by atoms with van der Waals surface area (Å²) in [4.78, 5) is 11.0. The van der Waals surface area contributed by atoms with Crippen molar-refractivity contribution < 1.29 is 4.42 Å². The summed E-state index contributed by atoms with van der Waals surface area (Å²) in [5.41, 5.74) is 6.61. The predicted octanol–water partition coefficient (Wildman–Crippen LogP) is 4.73. The number of benzene rings is 2. The topological polar surface area (TPSA) is 60.0 Å². The molecule has 0 saturated heterocycles. The van der Waals surface area contributed by atoms with Crippen molar-refractivity contribution in [1.29, 1.82) is 0 Å². The van der Waals surface area contributed by atoms with Crippen LogP contribution in [0.1, 0.15) is 35.3 Å². The highest BCUT2D eigenvalue weighted by atomic mass is 16.3. The second-order valence-corrected chi connectivity index (χ2v) is 7.49. The zero-order valence-corrected chi connectivity index (χ0v) is 17.2. The molecular weight excluding hydrogens is 362 g/mol. The van der Waals surface area contributed by atoms with Crippen LogP contribution in [0.15, 0.2) is 65.8 Å². The Hall–Kier alpha value is -3.25. The van der Waals surface area contributed by atoms with Crippen LogP contribution in [0.4, 0.5) is 0 Å². The fourth-order valence-corrected chi connectivity index (χ4v) is 3.45. The zero-order valence-electron chi connectivity index (χ0n) is 17.2. The maximum atomic E-state index is 5.76. The lowest BCUT2D eigenvalue weighted by atomic mass is 10.1. The summed E-state index contributed by atoms with van der Waals surface area (Å²) >= 11 is 0. The SMILES string of the molecule is Cc1ccc(-c2nc(CN(C)C(C)c3ccc(-n4cncn4)cc3)co2)c(C)c1. The summed E-state index contributed by atoms with van der Waals surface area (Å²) in [6, 6.07) is 14.9. The second kappa shape index (κ2) is 8.01. The van der Waals surface area contributed by atoms with E-state index in [1.807, 2.05) is 0 Å². The molecule has 4 aromatic rings. The molecule has 0 fully saturated rings. The molecule has 0 aliphatic carbocycles. The van der Waals surface area contributed by atoms with Gasteiger partial charge in [0.15, 0.2) is 0 Å². The van der Waals surface area contributed by atoms with Crippen LogP contribution < -0.4 is 0 Å². The molecule has 6 nitrogen and oxygen atoms in total. The van der Waals surface area contributed by atoms with Crippen molar-refractivity contribution >= 4 is 0 Å². The molecule has 0 aliphatic rings. The zero-order chi connectivity index (χ0) is 20.4. The van der Waals surface area contributed by atoms with Crippen molar-refractivity contribution in [2.24, 2.45) is 0 Å². The Labute approximate surface area is 170 Å². The lowest BCUT2D eigenvalue weighted by Crippen LogP contribution is -2.22. The van der Waals surface area contributed by atoms with Crippen molar-refractivity contribution in [1.82, 2.24) is 24.6 Å². The first-order valence-electron chi connectivity index (χ1n) is 9.68. The maximum Gasteiger partial charge on any atom is 0.226 e. The Kier molecular flexibility index (Phi) is 5.27. The van der Waals surface area contributed by atoms with Crippen molar-refractivity contribution in [2.45, 2.75) is 33.4 Å². The minimum absolute atomic E-state index is 0.237. The molecule has 0 radical (unpaired) electrons. The van der Waals surface area contributed by atoms with Crippen LogP contribution in [0.25, 0.3) is 17.1 Å². The van der Waals surface area contributed by atoms with Gasteiger partial charge in [0.25, 0.3) is 0 Å². The molecule has 0 amide bonds. The Morgan fingerprint density at radius 1 is 1.10 bits per heavy atom. The Balaban J connectivity index is 1.45. The molecule has 148 valence electrons. The van der Waals surface area contributed by atoms with E-state index in [4.69, 9.17) is 9.40 Å². The highest BCUT2D eigenvalue weighted by molar-refractivity contribution is 5.59. The molecular formula is C23H25N5O. The number of hydrogen-bond acceptors (Lipinski definition) is 5. The first kappa shape index (κ1) is 19.1. The van der Waals surface area contributed by atoms with Crippen molar-refractivity contribution in [3.63, 3.8) is 0 Å². The third kappa shape index (κ3) is 4.12. The van der Waals surface area contributed by atoms with E-state index in [-0.39, 0.29) is 6.04 Å². The van der Waals surface area contributed by atoms with Gasteiger partial charge in [-0.05, 0) is 57.1 Å². The summed E-state index contributed by atoms with van der Waals surface area (Å²) in [7, 11) is 2.10. The van der Waals surface area contributed by atoms with Crippen LogP contribution in [0.5, 0.6) is 0 Å². The van der Waals surface area contributed by atoms with Gasteiger partial charge in [-0.2, -0.15) is 5.10 Å². The summed E-state index contributed by atoms with van der Waals surface area (Å²) in [6.45, 7) is 7.08. The standard InChI is InChI=1S/C23H25N5O/c1-16-5-10-22(17(2)11-16)23-26-20(13-29-23)12-27(4)18(3)19-6-8-21(9-7-19)28-15-24-14-25-28/h5-11,13-15,18H,12H2,1-4H3. The minimum atomic E-state index is 0.237. The first-order chi connectivity index (χ1) is 14.0. The highest BCUT2D eigenvalue weighted by Gasteiger charge is 2.16. The van der Waals surface area contributed by atoms with Crippen LogP contribution in [0.3, 0.4) is 0 Å². The fourth-order valence-electron chi connectivity index (χ4n) is 3.45. The van der Waals surface area contributed by atoms with Gasteiger partial charge in [0.1, 0.15) is 18.9 Å². The second-order valence-electron chi connectivity index (χ2n) is 7.49. The van der Waals surface area contributed by atoms with E-state index in [9.17, 15) is 0 Å². The smallest absolute Gasteiger partial charge is 0.226 e. The summed E-state index contributed by atoms with van der Waals surface area (Å²) in [5.74, 6) is 0.677. The van der Waals surface area contributed by atoms with Gasteiger partial charge in [-0.1, -0.05) is 29.8 Å². The molecule has 0 bridgehead atoms. The third-order valence-corrected chi connectivity index (χ3v) is 5.30. The lowest BCUT2D eigenvalue weighted by Gasteiger charge is -2.24. The molecule has 2 heterocycles. The lowest BCUT2D eigenvalue weighted by molar-refractivity contribution is 0.250. The van der Waals surface area contributed by atoms with Crippen LogP contribution in [-0.4, -0.2) is 31.7 Å². The Morgan fingerprint density at radius 2 is 1.90 bits per heavy atom. The van der Waals surface area contributed by atoms with Gasteiger partial charge in [0, 0.05) is 18.2 Å². The molecule has 6 heteroatoms. The summed E-state index contributed by atoms with van der Waals surface area (Å²) in [6.07, 6.45) is 4.99. The molecule has 0 spiro atoms. The number of rotatable bonds is 6. The molecule has 1 atom stereocenters. The van der Waals surface area contributed by atoms with E-state index >= 15 is 0 Å². The predicted molar refractivity (Wildman–Crippen MR) is 113 cm³/mol. The van der Waals surface area contributed by atoms with Gasteiger partial charge in [-0.25, -0.2) is 14.6 Å². The maximum absolute atomic E-state index is 5.76. The van der Waals surface area contributed by atoms with E-state index in [2.05, 4.69) is 85.3 Å². The van der Waals surface area contributed by atoms with Crippen molar-refractivity contribution in [2.75, 3.05) is 7.05 Å². The quantitative estimate of drug-likeness (QED) is 0.479. The third-order valence-electron chi connectivity index (χ3n) is 5.30. The molecule has 1 unspecified atom stereocenters. The van der Waals surface area contributed by atoms with Gasteiger partial charge >= 0.3 is 0 Å². The van der Waals surface area contributed by atoms with Crippen molar-refractivity contribution in [3.8, 4) is 17.1 Å². The van der Waals surface area contributed by atoms with Gasteiger partial charge in [0.05, 0.1) is 11.4 Å². The number of aromatic nitrogens is 4. The van der Waals surface area contributed by atoms with Crippen LogP contribution >= 0.6 is 0 Å². The van der Waals surface area contributed by atoms with Crippen LogP contribution in [0.2, 0.25) is 0 Å². The van der Waals surface area contributed by atoms with E-state index in [1.54, 1.807) is 17.3 Å². The van der Waals surface area contributed by atoms with Gasteiger partial charge in [0.2, 0.25) is 5.89 Å². The molecule has 0 saturated carbocycles. The first-order valence-corrected chi connectivity index (χ1v) is 9.68. The molecule has 29 heavy (non-hydrogen) atoms. The van der Waals surface area contributed by atoms with E-state index in [0.717, 1.165) is 16.9 Å². The van der Waals surface area contributed by atoms with Crippen LogP contribution in [-0.2, 0) is 6.54 Å². The van der Waals surface area contributed by atoms with Gasteiger partial charge in [-0.3, -0.25) is 4.90 Å². The Morgan fingerprint density at radius 3 is 2.59 bits per heavy atom. The largest absolute Gasteiger partial charge is 0.444 e. The Bertz CT molecular complexity index is 1080. The number of nitrogens with zero attached hydrogens (tertiary/aromatic N) is 5. The summed E-state index contributed by atoms with van der Waals surface area (Å²) < 4.78 is 7.51. The average molecular weight is 387 g/mol. The minimum Gasteiger partial charge on any atom is -0.444 e. The summed E-state index contributed by atoms with van der Waals surface area (Å²) in [5, 5.41) is 4.17. The highest BCUT2D eigenvalue weighted by Crippen LogP contribution is 2.26. The molecule has 0 N–H and O–H groups in total. The molecule has 0 aliphatic heterocycles. The average Bonchev–Trinajstić information content (AvgIpc) is 3.40. The number of aryl methyl sites for hydroxylation is 2. The monoisotopic (exact) mass is 387 g/mol. The van der Waals surface area contributed by atoms with Crippen molar-refractivity contribution in [3.05, 3.63) is 83.8 Å². The van der Waals surface area contributed by atoms with E-state index in [0.29, 0.717) is 12.4 Å². The van der Waals surface area contributed by atoms with Gasteiger partial charge < -0.3 is 4.42 Å². The normalized spacial score (nSPS) is 12.4. The van der Waals surface area contributed by atoms with Gasteiger partial charge in [-0.15, -0.1) is 0 Å². The molecule has 2 aromatic carbocycles. The van der Waals surface area contributed by atoms with Crippen LogP contribution in [0, 0.1) is 13.8 Å². The number of hydrogen-bond donors (Lipinski definition) is 0. The van der Waals surface area contributed by atoms with E-state index in [1.165, 1.54) is 23.0 Å². The molecule has 2 aromatic heterocycles. The van der Waals surface area contributed by atoms with E-state index < -0.39 is 0 Å². The fraction of sp³-hybridized carbons (Fsp3) is 0.261. The number of oxazole rings is 1. The molecule has 4 rings (SSSR count).